The summed E-state index contributed by atoms with van der Waals surface area (Å²) in [5.74, 6) is 0.0710. The lowest BCUT2D eigenvalue weighted by Gasteiger charge is -2.05. The number of alkyl halides is 1. The van der Waals surface area contributed by atoms with Gasteiger partial charge in [0, 0.05) is 16.8 Å². The highest BCUT2D eigenvalue weighted by Gasteiger charge is 2.04. The number of carbonyl (C=O) groups excluding carboxylic acids is 1. The number of hydrogen-bond donors (Lipinski definition) is 1. The molecule has 2 rings (SSSR count). The van der Waals surface area contributed by atoms with Crippen LogP contribution in [-0.4, -0.2) is 5.91 Å². The molecule has 18 heavy (non-hydrogen) atoms. The van der Waals surface area contributed by atoms with Crippen LogP contribution in [0.2, 0.25) is 0 Å². The Hall–Kier alpha value is -1.13. The highest BCUT2D eigenvalue weighted by molar-refractivity contribution is 9.08. The van der Waals surface area contributed by atoms with Crippen LogP contribution in [0.5, 0.6) is 0 Å². The Bertz CT molecular complexity index is 510. The minimum absolute atomic E-state index is 0.0710. The highest BCUT2D eigenvalue weighted by Crippen LogP contribution is 2.10. The standard InChI is InChI=1S/C14H14BrNOS/c15-9-11-3-1-4-12(7-11)10-16-14(17)8-13-5-2-6-18-13/h1-7H,8-10H2,(H,16,17). The average Bonchev–Trinajstić information content (AvgIpc) is 2.89. The van der Waals surface area contributed by atoms with E-state index in [9.17, 15) is 4.79 Å². The molecule has 0 bridgehead atoms. The van der Waals surface area contributed by atoms with Gasteiger partial charge in [-0.05, 0) is 22.6 Å². The SMILES string of the molecule is O=C(Cc1cccs1)NCc1cccc(CBr)c1. The normalized spacial score (nSPS) is 10.3. The lowest BCUT2D eigenvalue weighted by Crippen LogP contribution is -2.24. The van der Waals surface area contributed by atoms with Gasteiger partial charge in [0.2, 0.25) is 5.91 Å². The summed E-state index contributed by atoms with van der Waals surface area (Å²) in [4.78, 5) is 12.8. The van der Waals surface area contributed by atoms with E-state index in [-0.39, 0.29) is 5.91 Å². The van der Waals surface area contributed by atoms with Crippen molar-refractivity contribution in [3.05, 3.63) is 57.8 Å². The number of amides is 1. The van der Waals surface area contributed by atoms with Crippen LogP contribution >= 0.6 is 27.3 Å². The van der Waals surface area contributed by atoms with Crippen molar-refractivity contribution in [3.8, 4) is 0 Å². The Morgan fingerprint density at radius 3 is 2.78 bits per heavy atom. The first-order chi connectivity index (χ1) is 8.78. The van der Waals surface area contributed by atoms with Crippen LogP contribution in [0.3, 0.4) is 0 Å². The quantitative estimate of drug-likeness (QED) is 0.838. The van der Waals surface area contributed by atoms with Crippen molar-refractivity contribution in [2.45, 2.75) is 18.3 Å². The maximum Gasteiger partial charge on any atom is 0.225 e. The van der Waals surface area contributed by atoms with Crippen molar-refractivity contribution in [2.75, 3.05) is 0 Å². The van der Waals surface area contributed by atoms with Gasteiger partial charge < -0.3 is 5.32 Å². The van der Waals surface area contributed by atoms with Crippen LogP contribution in [0, 0.1) is 0 Å². The van der Waals surface area contributed by atoms with E-state index < -0.39 is 0 Å². The summed E-state index contributed by atoms with van der Waals surface area (Å²) >= 11 is 5.04. The molecule has 1 heterocycles. The average molecular weight is 324 g/mol. The summed E-state index contributed by atoms with van der Waals surface area (Å²) < 4.78 is 0. The Kier molecular flexibility index (Phi) is 4.96. The molecule has 4 heteroatoms. The summed E-state index contributed by atoms with van der Waals surface area (Å²) in [6, 6.07) is 12.1. The van der Waals surface area contributed by atoms with Crippen LogP contribution in [0.25, 0.3) is 0 Å². The van der Waals surface area contributed by atoms with Crippen molar-refractivity contribution in [3.63, 3.8) is 0 Å². The molecule has 0 aliphatic heterocycles. The van der Waals surface area contributed by atoms with Crippen LogP contribution < -0.4 is 5.32 Å². The zero-order valence-electron chi connectivity index (χ0n) is 9.86. The summed E-state index contributed by atoms with van der Waals surface area (Å²) in [6.45, 7) is 0.588. The van der Waals surface area contributed by atoms with Crippen LogP contribution in [-0.2, 0) is 23.1 Å². The third-order valence-electron chi connectivity index (χ3n) is 2.55. The van der Waals surface area contributed by atoms with Gasteiger partial charge in [-0.2, -0.15) is 0 Å². The molecule has 0 saturated carbocycles. The van der Waals surface area contributed by atoms with Gasteiger partial charge in [0.15, 0.2) is 0 Å². The molecule has 0 saturated heterocycles. The molecule has 0 spiro atoms. The molecule has 0 aliphatic rings. The molecule has 94 valence electrons. The molecule has 2 nitrogen and oxygen atoms in total. The van der Waals surface area contributed by atoms with Gasteiger partial charge in [0.05, 0.1) is 6.42 Å². The number of benzene rings is 1. The van der Waals surface area contributed by atoms with Gasteiger partial charge in [0.1, 0.15) is 0 Å². The molecule has 0 fully saturated rings. The van der Waals surface area contributed by atoms with Crippen molar-refractivity contribution < 1.29 is 4.79 Å². The van der Waals surface area contributed by atoms with Crippen LogP contribution in [0.4, 0.5) is 0 Å². The fraction of sp³-hybridized carbons (Fsp3) is 0.214. The first kappa shape index (κ1) is 13.3. The van der Waals surface area contributed by atoms with Gasteiger partial charge in [-0.15, -0.1) is 11.3 Å². The van der Waals surface area contributed by atoms with E-state index in [1.165, 1.54) is 5.56 Å². The monoisotopic (exact) mass is 323 g/mol. The minimum atomic E-state index is 0.0710. The number of nitrogens with one attached hydrogen (secondary N) is 1. The first-order valence-corrected chi connectivity index (χ1v) is 7.71. The zero-order chi connectivity index (χ0) is 12.8. The molecule has 2 aromatic rings. The van der Waals surface area contributed by atoms with E-state index in [1.54, 1.807) is 11.3 Å². The highest BCUT2D eigenvalue weighted by atomic mass is 79.9. The lowest BCUT2D eigenvalue weighted by atomic mass is 10.1. The second-order valence-electron chi connectivity index (χ2n) is 3.99. The molecule has 1 aromatic carbocycles. The number of thiophene rings is 1. The fourth-order valence-corrected chi connectivity index (χ4v) is 2.71. The molecule has 0 unspecified atom stereocenters. The third-order valence-corrected chi connectivity index (χ3v) is 4.07. The van der Waals surface area contributed by atoms with E-state index in [0.29, 0.717) is 13.0 Å². The smallest absolute Gasteiger partial charge is 0.225 e. The van der Waals surface area contributed by atoms with Gasteiger partial charge in [-0.25, -0.2) is 0 Å². The molecule has 0 atom stereocenters. The first-order valence-electron chi connectivity index (χ1n) is 5.71. The molecule has 1 amide bonds. The molecule has 0 radical (unpaired) electrons. The molecular formula is C14H14BrNOS. The zero-order valence-corrected chi connectivity index (χ0v) is 12.3. The van der Waals surface area contributed by atoms with Crippen molar-refractivity contribution in [2.24, 2.45) is 0 Å². The minimum Gasteiger partial charge on any atom is -0.352 e. The maximum atomic E-state index is 11.7. The molecular weight excluding hydrogens is 310 g/mol. The van der Waals surface area contributed by atoms with Crippen molar-refractivity contribution in [1.29, 1.82) is 0 Å². The number of hydrogen-bond acceptors (Lipinski definition) is 2. The predicted octanol–water partition coefficient (Wildman–Crippen LogP) is 3.50. The lowest BCUT2D eigenvalue weighted by molar-refractivity contribution is -0.120. The Morgan fingerprint density at radius 2 is 2.06 bits per heavy atom. The number of rotatable bonds is 5. The summed E-state index contributed by atoms with van der Waals surface area (Å²) in [5.41, 5.74) is 2.35. The van der Waals surface area contributed by atoms with Gasteiger partial charge in [-0.1, -0.05) is 46.3 Å². The Labute approximate surface area is 119 Å². The van der Waals surface area contributed by atoms with E-state index in [1.807, 2.05) is 29.6 Å². The molecule has 0 aliphatic carbocycles. The third kappa shape index (κ3) is 3.96. The summed E-state index contributed by atoms with van der Waals surface area (Å²) in [7, 11) is 0. The van der Waals surface area contributed by atoms with Gasteiger partial charge in [0.25, 0.3) is 0 Å². The van der Waals surface area contributed by atoms with E-state index in [4.69, 9.17) is 0 Å². The largest absolute Gasteiger partial charge is 0.352 e. The van der Waals surface area contributed by atoms with E-state index in [2.05, 4.69) is 33.4 Å². The number of carbonyl (C=O) groups is 1. The number of halogens is 1. The Balaban J connectivity index is 1.85. The fourth-order valence-electron chi connectivity index (χ4n) is 1.66. The van der Waals surface area contributed by atoms with Gasteiger partial charge >= 0.3 is 0 Å². The molecule has 1 aromatic heterocycles. The second kappa shape index (κ2) is 6.71. The van der Waals surface area contributed by atoms with Gasteiger partial charge in [-0.3, -0.25) is 4.79 Å². The second-order valence-corrected chi connectivity index (χ2v) is 5.58. The topological polar surface area (TPSA) is 29.1 Å². The van der Waals surface area contributed by atoms with Crippen molar-refractivity contribution >= 4 is 33.2 Å². The predicted molar refractivity (Wildman–Crippen MR) is 78.9 cm³/mol. The Morgan fingerprint density at radius 1 is 1.22 bits per heavy atom. The maximum absolute atomic E-state index is 11.7. The van der Waals surface area contributed by atoms with E-state index in [0.717, 1.165) is 15.8 Å². The van der Waals surface area contributed by atoms with E-state index >= 15 is 0 Å². The van der Waals surface area contributed by atoms with Crippen molar-refractivity contribution in [1.82, 2.24) is 5.32 Å². The summed E-state index contributed by atoms with van der Waals surface area (Å²) in [5, 5.41) is 5.77. The van der Waals surface area contributed by atoms with Crippen LogP contribution in [0.1, 0.15) is 16.0 Å². The molecule has 1 N–H and O–H groups in total. The summed E-state index contributed by atoms with van der Waals surface area (Å²) in [6.07, 6.45) is 0.468. The van der Waals surface area contributed by atoms with Crippen LogP contribution in [0.15, 0.2) is 41.8 Å².